The standard InChI is InChI=1S/C8H16N6/c1-13-3-4-14(2)7(6-13)5-8-9-11-12-10-8/h7H,3-6H2,1-2H3,(H,9,10,11,12). The van der Waals surface area contributed by atoms with Gasteiger partial charge in [0.25, 0.3) is 0 Å². The van der Waals surface area contributed by atoms with Gasteiger partial charge < -0.3 is 9.80 Å². The maximum absolute atomic E-state index is 3.98. The molecule has 0 spiro atoms. The fourth-order valence-corrected chi connectivity index (χ4v) is 1.80. The van der Waals surface area contributed by atoms with Gasteiger partial charge in [-0.05, 0) is 14.1 Å². The van der Waals surface area contributed by atoms with Crippen LogP contribution in [0.1, 0.15) is 5.82 Å². The lowest BCUT2D eigenvalue weighted by Gasteiger charge is -2.37. The Hall–Kier alpha value is -1.01. The second-order valence-electron chi connectivity index (χ2n) is 3.93. The van der Waals surface area contributed by atoms with E-state index in [0.29, 0.717) is 6.04 Å². The van der Waals surface area contributed by atoms with Gasteiger partial charge in [0.2, 0.25) is 0 Å². The summed E-state index contributed by atoms with van der Waals surface area (Å²) >= 11 is 0. The van der Waals surface area contributed by atoms with Crippen molar-refractivity contribution in [3.05, 3.63) is 5.82 Å². The highest BCUT2D eigenvalue weighted by atomic mass is 15.5. The molecule has 0 radical (unpaired) electrons. The number of aromatic nitrogens is 4. The molecule has 0 amide bonds. The molecule has 1 unspecified atom stereocenters. The molecule has 1 aromatic rings. The summed E-state index contributed by atoms with van der Waals surface area (Å²) in [6.45, 7) is 3.32. The predicted molar refractivity (Wildman–Crippen MR) is 51.8 cm³/mol. The number of nitrogens with zero attached hydrogens (tertiary/aromatic N) is 5. The summed E-state index contributed by atoms with van der Waals surface area (Å²) in [5.74, 6) is 0.803. The minimum absolute atomic E-state index is 0.506. The molecule has 0 aromatic carbocycles. The van der Waals surface area contributed by atoms with Crippen molar-refractivity contribution in [2.45, 2.75) is 12.5 Å². The van der Waals surface area contributed by atoms with E-state index in [-0.39, 0.29) is 0 Å². The third kappa shape index (κ3) is 2.08. The molecule has 1 aromatic heterocycles. The number of piperazine rings is 1. The van der Waals surface area contributed by atoms with E-state index in [0.717, 1.165) is 31.9 Å². The summed E-state index contributed by atoms with van der Waals surface area (Å²) in [6.07, 6.45) is 0.872. The van der Waals surface area contributed by atoms with Crippen LogP contribution in [0.5, 0.6) is 0 Å². The molecule has 1 fully saturated rings. The van der Waals surface area contributed by atoms with Gasteiger partial charge in [0, 0.05) is 32.1 Å². The first-order valence-electron chi connectivity index (χ1n) is 4.87. The third-order valence-corrected chi connectivity index (χ3v) is 2.79. The molecule has 1 N–H and O–H groups in total. The van der Waals surface area contributed by atoms with Crippen molar-refractivity contribution >= 4 is 0 Å². The summed E-state index contributed by atoms with van der Waals surface area (Å²) in [6, 6.07) is 0.506. The Bertz CT molecular complexity index is 271. The summed E-state index contributed by atoms with van der Waals surface area (Å²) in [5.41, 5.74) is 0. The fraction of sp³-hybridized carbons (Fsp3) is 0.875. The number of H-pyrrole nitrogens is 1. The second kappa shape index (κ2) is 4.02. The largest absolute Gasteiger partial charge is 0.304 e. The number of aromatic amines is 1. The second-order valence-corrected chi connectivity index (χ2v) is 3.93. The molecule has 2 rings (SSSR count). The molecule has 1 saturated heterocycles. The SMILES string of the molecule is CN1CCN(C)C(Cc2nn[nH]n2)C1. The molecule has 1 atom stereocenters. The summed E-state index contributed by atoms with van der Waals surface area (Å²) in [7, 11) is 4.30. The Labute approximate surface area is 83.3 Å². The topological polar surface area (TPSA) is 60.9 Å². The van der Waals surface area contributed by atoms with Crippen molar-refractivity contribution in [3.63, 3.8) is 0 Å². The number of hydrogen-bond acceptors (Lipinski definition) is 5. The van der Waals surface area contributed by atoms with Gasteiger partial charge in [0.1, 0.15) is 0 Å². The Balaban J connectivity index is 1.95. The molecular formula is C8H16N6. The zero-order valence-electron chi connectivity index (χ0n) is 8.64. The van der Waals surface area contributed by atoms with Crippen molar-refractivity contribution in [3.8, 4) is 0 Å². The minimum Gasteiger partial charge on any atom is -0.304 e. The highest BCUT2D eigenvalue weighted by molar-refractivity contribution is 4.88. The Morgan fingerprint density at radius 1 is 1.43 bits per heavy atom. The summed E-state index contributed by atoms with van der Waals surface area (Å²) in [5, 5.41) is 14.0. The van der Waals surface area contributed by atoms with Crippen molar-refractivity contribution < 1.29 is 0 Å². The van der Waals surface area contributed by atoms with Gasteiger partial charge in [-0.1, -0.05) is 5.21 Å². The Morgan fingerprint density at radius 3 is 3.00 bits per heavy atom. The number of rotatable bonds is 2. The van der Waals surface area contributed by atoms with Gasteiger partial charge in [0.15, 0.2) is 5.82 Å². The first-order chi connectivity index (χ1) is 6.75. The van der Waals surface area contributed by atoms with E-state index in [9.17, 15) is 0 Å². The molecule has 78 valence electrons. The molecule has 1 aliphatic heterocycles. The number of tetrazole rings is 1. The van der Waals surface area contributed by atoms with E-state index in [2.05, 4.69) is 44.5 Å². The van der Waals surface area contributed by atoms with E-state index in [4.69, 9.17) is 0 Å². The normalized spacial score (nSPS) is 25.4. The van der Waals surface area contributed by atoms with Crippen LogP contribution in [0, 0.1) is 0 Å². The van der Waals surface area contributed by atoms with Crippen LogP contribution in [0.4, 0.5) is 0 Å². The van der Waals surface area contributed by atoms with Crippen molar-refractivity contribution in [2.24, 2.45) is 0 Å². The van der Waals surface area contributed by atoms with Crippen LogP contribution in [-0.4, -0.2) is 70.2 Å². The molecule has 6 heteroatoms. The van der Waals surface area contributed by atoms with Crippen LogP contribution >= 0.6 is 0 Å². The van der Waals surface area contributed by atoms with Gasteiger partial charge in [-0.25, -0.2) is 0 Å². The Kier molecular flexibility index (Phi) is 2.74. The summed E-state index contributed by atoms with van der Waals surface area (Å²) in [4.78, 5) is 4.70. The molecule has 0 saturated carbocycles. The van der Waals surface area contributed by atoms with E-state index < -0.39 is 0 Å². The first-order valence-corrected chi connectivity index (χ1v) is 4.87. The molecule has 14 heavy (non-hydrogen) atoms. The zero-order valence-corrected chi connectivity index (χ0v) is 8.64. The van der Waals surface area contributed by atoms with E-state index >= 15 is 0 Å². The highest BCUT2D eigenvalue weighted by Crippen LogP contribution is 2.09. The molecule has 0 aliphatic carbocycles. The first kappa shape index (κ1) is 9.54. The number of likely N-dealkylation sites (N-methyl/N-ethyl adjacent to an activating group) is 2. The van der Waals surface area contributed by atoms with Crippen molar-refractivity contribution in [1.29, 1.82) is 0 Å². The molecule has 2 heterocycles. The van der Waals surface area contributed by atoms with Crippen LogP contribution in [-0.2, 0) is 6.42 Å². The Morgan fingerprint density at radius 2 is 2.29 bits per heavy atom. The molecular weight excluding hydrogens is 180 g/mol. The maximum atomic E-state index is 3.98. The quantitative estimate of drug-likeness (QED) is 0.656. The van der Waals surface area contributed by atoms with Gasteiger partial charge in [0.05, 0.1) is 0 Å². The summed E-state index contributed by atoms with van der Waals surface area (Å²) < 4.78 is 0. The molecule has 0 bridgehead atoms. The average molecular weight is 196 g/mol. The lowest BCUT2D eigenvalue weighted by atomic mass is 10.1. The van der Waals surface area contributed by atoms with Gasteiger partial charge in [-0.2, -0.15) is 5.21 Å². The van der Waals surface area contributed by atoms with Gasteiger partial charge >= 0.3 is 0 Å². The van der Waals surface area contributed by atoms with Crippen LogP contribution < -0.4 is 0 Å². The number of hydrogen-bond donors (Lipinski definition) is 1. The number of nitrogens with one attached hydrogen (secondary N) is 1. The minimum atomic E-state index is 0.506. The predicted octanol–water partition coefficient (Wildman–Crippen LogP) is -1.01. The van der Waals surface area contributed by atoms with E-state index in [1.54, 1.807) is 0 Å². The fourth-order valence-electron chi connectivity index (χ4n) is 1.80. The molecule has 6 nitrogen and oxygen atoms in total. The van der Waals surface area contributed by atoms with Crippen molar-refractivity contribution in [2.75, 3.05) is 33.7 Å². The lowest BCUT2D eigenvalue weighted by Crippen LogP contribution is -2.50. The van der Waals surface area contributed by atoms with Crippen molar-refractivity contribution in [1.82, 2.24) is 30.4 Å². The van der Waals surface area contributed by atoms with E-state index in [1.807, 2.05) is 0 Å². The maximum Gasteiger partial charge on any atom is 0.176 e. The highest BCUT2D eigenvalue weighted by Gasteiger charge is 2.23. The van der Waals surface area contributed by atoms with Crippen LogP contribution in [0.3, 0.4) is 0 Å². The third-order valence-electron chi connectivity index (χ3n) is 2.79. The van der Waals surface area contributed by atoms with E-state index in [1.165, 1.54) is 0 Å². The van der Waals surface area contributed by atoms with Crippen LogP contribution in [0.2, 0.25) is 0 Å². The van der Waals surface area contributed by atoms with Crippen LogP contribution in [0.15, 0.2) is 0 Å². The zero-order chi connectivity index (χ0) is 9.97. The molecule has 1 aliphatic rings. The smallest absolute Gasteiger partial charge is 0.176 e. The van der Waals surface area contributed by atoms with Gasteiger partial charge in [-0.3, -0.25) is 0 Å². The lowest BCUT2D eigenvalue weighted by molar-refractivity contribution is 0.113. The average Bonchev–Trinajstić information content (AvgIpc) is 2.64. The van der Waals surface area contributed by atoms with Gasteiger partial charge in [-0.15, -0.1) is 10.2 Å². The van der Waals surface area contributed by atoms with Crippen LogP contribution in [0.25, 0.3) is 0 Å². The monoisotopic (exact) mass is 196 g/mol.